The summed E-state index contributed by atoms with van der Waals surface area (Å²) in [7, 11) is 6.44. The highest BCUT2D eigenvalue weighted by Crippen LogP contribution is 2.42. The number of anilines is 1. The number of nitrogens with one attached hydrogen (secondary N) is 4. The van der Waals surface area contributed by atoms with E-state index in [-0.39, 0.29) is 36.6 Å². The summed E-state index contributed by atoms with van der Waals surface area (Å²) >= 11 is 0. The van der Waals surface area contributed by atoms with Gasteiger partial charge in [0.15, 0.2) is 0 Å². The van der Waals surface area contributed by atoms with Gasteiger partial charge in [-0.15, -0.1) is 0 Å². The number of carboxylic acid groups (broad SMARTS) is 1. The van der Waals surface area contributed by atoms with Crippen LogP contribution in [0.15, 0.2) is 65.1 Å². The third-order valence-electron chi connectivity index (χ3n) is 9.29. The number of hydrogen-bond acceptors (Lipinski definition) is 7. The predicted molar refractivity (Wildman–Crippen MR) is 212 cm³/mol. The second-order valence-electron chi connectivity index (χ2n) is 12.8. The summed E-state index contributed by atoms with van der Waals surface area (Å²) in [5, 5.41) is 22.4. The number of carbonyl (C=O) groups excluding carboxylic acids is 4. The lowest BCUT2D eigenvalue weighted by molar-refractivity contribution is -0.121. The number of amides is 4. The van der Waals surface area contributed by atoms with Crippen molar-refractivity contribution in [3.63, 3.8) is 0 Å². The molecule has 2 aliphatic rings. The monoisotopic (exact) mass is 743 g/mol. The molecule has 54 heavy (non-hydrogen) atoms. The van der Waals surface area contributed by atoms with Crippen LogP contribution >= 0.6 is 0 Å². The Kier molecular flexibility index (Phi) is 16.7. The number of fused-ring (bicyclic) bond motifs is 2. The lowest BCUT2D eigenvalue weighted by Gasteiger charge is -2.26. The molecular weight excluding hydrogens is 688 g/mol. The molecule has 0 atom stereocenters. The van der Waals surface area contributed by atoms with Gasteiger partial charge in [-0.25, -0.2) is 9.37 Å². The van der Waals surface area contributed by atoms with E-state index >= 15 is 0 Å². The van der Waals surface area contributed by atoms with E-state index in [1.165, 1.54) is 0 Å². The molecule has 1 aliphatic heterocycles. The van der Waals surface area contributed by atoms with Gasteiger partial charge in [-0.3, -0.25) is 19.2 Å². The summed E-state index contributed by atoms with van der Waals surface area (Å²) < 4.78 is 8.81. The van der Waals surface area contributed by atoms with Crippen LogP contribution in [0, 0.1) is 0 Å². The van der Waals surface area contributed by atoms with E-state index in [4.69, 9.17) is 4.42 Å². The fourth-order valence-electron chi connectivity index (χ4n) is 6.40. The van der Waals surface area contributed by atoms with Gasteiger partial charge in [0.2, 0.25) is 29.0 Å². The molecule has 0 fully saturated rings. The Morgan fingerprint density at radius 1 is 0.667 bits per heavy atom. The zero-order valence-electron chi connectivity index (χ0n) is 31.0. The maximum Gasteiger partial charge on any atom is 0.336 e. The normalized spacial score (nSPS) is 10.7. The first kappa shape index (κ1) is 42.7. The highest BCUT2D eigenvalue weighted by Gasteiger charge is 2.23. The first-order valence-electron chi connectivity index (χ1n) is 18.1. The maximum absolute atomic E-state index is 12.5. The molecule has 2 aromatic carbocycles. The van der Waals surface area contributed by atoms with Crippen molar-refractivity contribution in [2.75, 3.05) is 59.3 Å². The lowest BCUT2D eigenvalue weighted by atomic mass is 9.90. The zero-order chi connectivity index (χ0) is 38.3. The fourth-order valence-corrected chi connectivity index (χ4v) is 6.40. The average molecular weight is 744 g/mol. The molecule has 2 aromatic rings. The van der Waals surface area contributed by atoms with Gasteiger partial charge in [0.1, 0.15) is 24.4 Å². The molecule has 0 bridgehead atoms. The van der Waals surface area contributed by atoms with Crippen molar-refractivity contribution in [3.8, 4) is 22.5 Å². The van der Waals surface area contributed by atoms with E-state index in [1.54, 1.807) is 46.4 Å². The zero-order valence-corrected chi connectivity index (χ0v) is 31.0. The fraction of sp³-hybridized carbons (Fsp3) is 0.415. The topological polar surface area (TPSA) is 173 Å². The number of hydrogen-bond donors (Lipinski definition) is 5. The molecule has 5 N–H and O–H groups in total. The predicted octanol–water partition coefficient (Wildman–Crippen LogP) is 4.22. The summed E-state index contributed by atoms with van der Waals surface area (Å²) in [6.07, 6.45) is 3.82. The van der Waals surface area contributed by atoms with Crippen LogP contribution in [-0.2, 0) is 19.2 Å². The van der Waals surface area contributed by atoms with Crippen LogP contribution in [0.5, 0.6) is 0 Å². The maximum atomic E-state index is 12.5. The standard InChI is InChI=1S/C40H50N6O7.CH4/c1-41-35(47)13-7-21-45(22-8-14-36(48)42-2)27-17-19-31-33(25-27)53-34-26-28(46(23-9-15-37(49)43-3)24-10-16-38(50)44-4)18-20-32(34)39(31)29-11-5-6-12-30(29)40(51)52;/h5-6,11-12,17-20,25-26H,7-10,13-16,21-24H2,1-4H3,(H4-,41,42,43,44,47,48,49,50,51,52);1H4/p+1. The van der Waals surface area contributed by atoms with Gasteiger partial charge in [0.05, 0.1) is 11.6 Å². The van der Waals surface area contributed by atoms with Gasteiger partial charge < -0.3 is 35.7 Å². The summed E-state index contributed by atoms with van der Waals surface area (Å²) in [6.45, 7) is 2.28. The van der Waals surface area contributed by atoms with E-state index in [0.29, 0.717) is 100 Å². The summed E-state index contributed by atoms with van der Waals surface area (Å²) in [5.74, 6) is -0.718. The van der Waals surface area contributed by atoms with E-state index in [0.717, 1.165) is 22.0 Å². The minimum Gasteiger partial charge on any atom is -0.478 e. The Hall–Kier alpha value is -5.72. The summed E-state index contributed by atoms with van der Waals surface area (Å²) in [5.41, 5.74) is 3.53. The SMILES string of the molecule is C.CNC(=O)CCCN(CCCC(=O)NC)c1ccc2c(-c3ccccc3C(=O)O)c3ccc(=[N+](CCCC(=O)NC)CCCC(=O)NC)cc-3oc2c1. The van der Waals surface area contributed by atoms with Crippen LogP contribution in [0.3, 0.4) is 0 Å². The van der Waals surface area contributed by atoms with Crippen LogP contribution in [-0.4, -0.2) is 89.1 Å². The first-order chi connectivity index (χ1) is 25.6. The van der Waals surface area contributed by atoms with Gasteiger partial charge >= 0.3 is 5.97 Å². The Bertz CT molecular complexity index is 1930. The molecule has 0 aromatic heterocycles. The van der Waals surface area contributed by atoms with Crippen LogP contribution in [0.25, 0.3) is 33.4 Å². The second kappa shape index (κ2) is 21.1. The molecule has 13 nitrogen and oxygen atoms in total. The van der Waals surface area contributed by atoms with E-state index in [1.807, 2.05) is 42.5 Å². The summed E-state index contributed by atoms with van der Waals surface area (Å²) in [4.78, 5) is 62.7. The number of nitrogens with zero attached hydrogens (tertiary/aromatic N) is 2. The van der Waals surface area contributed by atoms with Crippen molar-refractivity contribution < 1.29 is 33.5 Å². The van der Waals surface area contributed by atoms with Crippen molar-refractivity contribution in [3.05, 3.63) is 71.6 Å². The Labute approximate surface area is 317 Å². The van der Waals surface area contributed by atoms with Crippen molar-refractivity contribution in [1.82, 2.24) is 25.8 Å². The molecular formula is C41H55N6O7+. The molecule has 0 unspecified atom stereocenters. The van der Waals surface area contributed by atoms with Gasteiger partial charge in [-0.1, -0.05) is 25.6 Å². The number of carboxylic acids is 1. The third-order valence-corrected chi connectivity index (χ3v) is 9.29. The molecule has 0 saturated heterocycles. The molecule has 13 heteroatoms. The number of rotatable bonds is 19. The quantitative estimate of drug-likeness (QED) is 0.0702. The third kappa shape index (κ3) is 11.4. The van der Waals surface area contributed by atoms with E-state index < -0.39 is 5.97 Å². The van der Waals surface area contributed by atoms with E-state index in [9.17, 15) is 29.1 Å². The molecule has 1 aliphatic carbocycles. The van der Waals surface area contributed by atoms with Crippen molar-refractivity contribution in [2.45, 2.75) is 58.8 Å². The van der Waals surface area contributed by atoms with Gasteiger partial charge in [0.25, 0.3) is 0 Å². The molecule has 0 saturated carbocycles. The van der Waals surface area contributed by atoms with Crippen LogP contribution in [0.2, 0.25) is 0 Å². The van der Waals surface area contributed by atoms with Gasteiger partial charge in [0, 0.05) is 114 Å². The number of aromatic carboxylic acids is 1. The Morgan fingerprint density at radius 3 is 1.74 bits per heavy atom. The molecule has 4 amide bonds. The molecule has 4 rings (SSSR count). The Balaban J connectivity index is 0.00000784. The Morgan fingerprint density at radius 2 is 1.20 bits per heavy atom. The highest BCUT2D eigenvalue weighted by molar-refractivity contribution is 6.07. The number of carbonyl (C=O) groups is 5. The van der Waals surface area contributed by atoms with Gasteiger partial charge in [-0.05, 0) is 42.7 Å². The van der Waals surface area contributed by atoms with Crippen molar-refractivity contribution in [2.24, 2.45) is 0 Å². The largest absolute Gasteiger partial charge is 0.478 e. The smallest absolute Gasteiger partial charge is 0.336 e. The highest BCUT2D eigenvalue weighted by atomic mass is 16.4. The molecule has 1 heterocycles. The minimum atomic E-state index is -1.05. The molecule has 290 valence electrons. The average Bonchev–Trinajstić information content (AvgIpc) is 3.17. The van der Waals surface area contributed by atoms with Crippen LogP contribution < -0.4 is 36.1 Å². The molecule has 0 spiro atoms. The van der Waals surface area contributed by atoms with Crippen LogP contribution in [0.4, 0.5) is 5.69 Å². The van der Waals surface area contributed by atoms with Crippen molar-refractivity contribution >= 4 is 46.3 Å². The molecule has 0 radical (unpaired) electrons. The summed E-state index contributed by atoms with van der Waals surface area (Å²) in [6, 6.07) is 18.6. The van der Waals surface area contributed by atoms with Crippen molar-refractivity contribution in [1.29, 1.82) is 0 Å². The van der Waals surface area contributed by atoms with Crippen LogP contribution in [0.1, 0.15) is 69.2 Å². The first-order valence-corrected chi connectivity index (χ1v) is 18.1. The second-order valence-corrected chi connectivity index (χ2v) is 12.8. The van der Waals surface area contributed by atoms with Gasteiger partial charge in [-0.2, -0.15) is 0 Å². The number of benzene rings is 3. The van der Waals surface area contributed by atoms with E-state index in [2.05, 4.69) is 30.7 Å². The minimum absolute atomic E-state index is 0. The lowest BCUT2D eigenvalue weighted by Crippen LogP contribution is -2.33.